The van der Waals surface area contributed by atoms with Gasteiger partial charge >= 0.3 is 0 Å². The fourth-order valence-electron chi connectivity index (χ4n) is 9.68. The number of anilines is 3. The first-order valence-electron chi connectivity index (χ1n) is 21.9. The molecule has 12 rings (SSSR count). The molecule has 0 aliphatic rings. The largest absolute Gasteiger partial charge is 0.455 e. The fourth-order valence-corrected chi connectivity index (χ4v) is 9.68. The molecule has 0 aliphatic heterocycles. The van der Waals surface area contributed by atoms with E-state index in [2.05, 4.69) is 254 Å². The topological polar surface area (TPSA) is 16.4 Å². The summed E-state index contributed by atoms with van der Waals surface area (Å²) >= 11 is 0. The van der Waals surface area contributed by atoms with E-state index >= 15 is 0 Å². The molecule has 0 atom stereocenters. The number of furan rings is 1. The van der Waals surface area contributed by atoms with Crippen LogP contribution < -0.4 is 4.90 Å². The van der Waals surface area contributed by atoms with Crippen LogP contribution in [-0.4, -0.2) is 0 Å². The van der Waals surface area contributed by atoms with Crippen LogP contribution in [0.3, 0.4) is 0 Å². The van der Waals surface area contributed by atoms with Crippen LogP contribution in [0.25, 0.3) is 99.1 Å². The Kier molecular flexibility index (Phi) is 9.20. The molecule has 0 fully saturated rings. The summed E-state index contributed by atoms with van der Waals surface area (Å²) in [5.74, 6) is 0. The molecular formula is C62H41NO. The highest BCUT2D eigenvalue weighted by molar-refractivity contribution is 6.19. The molecule has 1 aromatic heterocycles. The van der Waals surface area contributed by atoms with Crippen LogP contribution in [0.2, 0.25) is 0 Å². The minimum absolute atomic E-state index is 0.859. The van der Waals surface area contributed by atoms with Gasteiger partial charge in [-0.2, -0.15) is 0 Å². The second-order valence-corrected chi connectivity index (χ2v) is 16.4. The predicted molar refractivity (Wildman–Crippen MR) is 271 cm³/mol. The van der Waals surface area contributed by atoms with Gasteiger partial charge in [0.05, 0.1) is 16.8 Å². The number of hydrogen-bond donors (Lipinski definition) is 0. The number of fused-ring (bicyclic) bond motifs is 6. The average Bonchev–Trinajstić information content (AvgIpc) is 3.77. The second kappa shape index (κ2) is 15.8. The molecule has 0 N–H and O–H groups in total. The molecule has 0 aliphatic carbocycles. The summed E-state index contributed by atoms with van der Waals surface area (Å²) in [7, 11) is 0. The number of hydrogen-bond acceptors (Lipinski definition) is 2. The van der Waals surface area contributed by atoms with Gasteiger partial charge in [0.2, 0.25) is 0 Å². The highest BCUT2D eigenvalue weighted by atomic mass is 16.3. The summed E-state index contributed by atoms with van der Waals surface area (Å²) in [6.45, 7) is 0. The van der Waals surface area contributed by atoms with E-state index in [-0.39, 0.29) is 0 Å². The third kappa shape index (κ3) is 6.44. The molecule has 11 aromatic carbocycles. The van der Waals surface area contributed by atoms with Crippen molar-refractivity contribution in [2.24, 2.45) is 0 Å². The third-order valence-corrected chi connectivity index (χ3v) is 12.7. The van der Waals surface area contributed by atoms with E-state index in [0.29, 0.717) is 0 Å². The van der Waals surface area contributed by atoms with Gasteiger partial charge in [-0.3, -0.25) is 0 Å². The van der Waals surface area contributed by atoms with Gasteiger partial charge in [-0.15, -0.1) is 0 Å². The maximum Gasteiger partial charge on any atom is 0.145 e. The van der Waals surface area contributed by atoms with Crippen molar-refractivity contribution < 1.29 is 4.42 Å². The molecule has 0 radical (unpaired) electrons. The van der Waals surface area contributed by atoms with Gasteiger partial charge in [-0.05, 0) is 103 Å². The predicted octanol–water partition coefficient (Wildman–Crippen LogP) is 17.7. The van der Waals surface area contributed by atoms with Crippen molar-refractivity contribution in [3.8, 4) is 55.6 Å². The van der Waals surface area contributed by atoms with Crippen LogP contribution in [0.15, 0.2) is 253 Å². The SMILES string of the molecule is c1ccc(-c2ccc(-c3ccc(N(c4ccc(-c5c(-c6ccccc6)cccc5-c5ccccc5)cc4)c4cccc5c4ccc4ccccc45)c4c3oc3ccccc34)cc2)cc1. The zero-order valence-electron chi connectivity index (χ0n) is 35.0. The van der Waals surface area contributed by atoms with Gasteiger partial charge in [-0.25, -0.2) is 0 Å². The van der Waals surface area contributed by atoms with Crippen molar-refractivity contribution in [3.63, 3.8) is 0 Å². The van der Waals surface area contributed by atoms with Crippen LogP contribution in [-0.2, 0) is 0 Å². The van der Waals surface area contributed by atoms with E-state index < -0.39 is 0 Å². The van der Waals surface area contributed by atoms with Crippen LogP contribution in [0.4, 0.5) is 17.1 Å². The highest BCUT2D eigenvalue weighted by Crippen LogP contribution is 2.49. The van der Waals surface area contributed by atoms with Gasteiger partial charge in [0.15, 0.2) is 0 Å². The van der Waals surface area contributed by atoms with E-state index in [4.69, 9.17) is 4.42 Å². The molecule has 64 heavy (non-hydrogen) atoms. The van der Waals surface area contributed by atoms with Gasteiger partial charge < -0.3 is 9.32 Å². The van der Waals surface area contributed by atoms with Crippen molar-refractivity contribution in [2.75, 3.05) is 4.90 Å². The Morgan fingerprint density at radius 1 is 0.281 bits per heavy atom. The summed E-state index contributed by atoms with van der Waals surface area (Å²) < 4.78 is 6.92. The lowest BCUT2D eigenvalue weighted by atomic mass is 9.87. The lowest BCUT2D eigenvalue weighted by Gasteiger charge is -2.28. The Hall–Kier alpha value is -8.46. The first-order chi connectivity index (χ1) is 31.8. The summed E-state index contributed by atoms with van der Waals surface area (Å²) in [5.41, 5.74) is 16.6. The Balaban J connectivity index is 1.08. The Morgan fingerprint density at radius 2 is 0.812 bits per heavy atom. The van der Waals surface area contributed by atoms with Crippen LogP contribution in [0.1, 0.15) is 0 Å². The second-order valence-electron chi connectivity index (χ2n) is 16.4. The van der Waals surface area contributed by atoms with Gasteiger partial charge in [-0.1, -0.05) is 212 Å². The van der Waals surface area contributed by atoms with Gasteiger partial charge in [0.1, 0.15) is 11.2 Å². The molecule has 1 heterocycles. The fraction of sp³-hybridized carbons (Fsp3) is 0. The molecule has 2 nitrogen and oxygen atoms in total. The minimum Gasteiger partial charge on any atom is -0.455 e. The summed E-state index contributed by atoms with van der Waals surface area (Å²) in [4.78, 5) is 2.44. The van der Waals surface area contributed by atoms with Crippen LogP contribution in [0.5, 0.6) is 0 Å². The monoisotopic (exact) mass is 815 g/mol. The normalized spacial score (nSPS) is 11.4. The average molecular weight is 816 g/mol. The van der Waals surface area contributed by atoms with E-state index in [1.807, 2.05) is 0 Å². The molecule has 2 heteroatoms. The molecule has 300 valence electrons. The molecule has 0 saturated heterocycles. The van der Waals surface area contributed by atoms with E-state index in [0.717, 1.165) is 55.7 Å². The number of para-hydroxylation sites is 1. The maximum absolute atomic E-state index is 6.92. The quantitative estimate of drug-likeness (QED) is 0.142. The van der Waals surface area contributed by atoms with Crippen LogP contribution in [0, 0.1) is 0 Å². The van der Waals surface area contributed by atoms with Crippen molar-refractivity contribution in [1.29, 1.82) is 0 Å². The zero-order chi connectivity index (χ0) is 42.4. The molecule has 0 bridgehead atoms. The number of benzene rings is 11. The molecule has 12 aromatic rings. The lowest BCUT2D eigenvalue weighted by Crippen LogP contribution is -2.11. The molecule has 0 spiro atoms. The minimum atomic E-state index is 0.859. The van der Waals surface area contributed by atoms with Crippen molar-refractivity contribution in [1.82, 2.24) is 0 Å². The summed E-state index contributed by atoms with van der Waals surface area (Å²) in [5, 5.41) is 6.99. The van der Waals surface area contributed by atoms with Gasteiger partial charge in [0.25, 0.3) is 0 Å². The first-order valence-corrected chi connectivity index (χ1v) is 21.9. The summed E-state index contributed by atoms with van der Waals surface area (Å²) in [6, 6.07) is 89.6. The van der Waals surface area contributed by atoms with E-state index in [1.54, 1.807) is 0 Å². The Morgan fingerprint density at radius 3 is 1.52 bits per heavy atom. The van der Waals surface area contributed by atoms with Crippen molar-refractivity contribution >= 4 is 60.5 Å². The zero-order valence-corrected chi connectivity index (χ0v) is 35.0. The van der Waals surface area contributed by atoms with Crippen LogP contribution >= 0.6 is 0 Å². The standard InChI is InChI=1S/C62H41NO/c1-4-16-42(17-5-1)43-30-32-47(33-31-43)53-40-41-58(61-56-24-12-13-29-59(56)64-62(53)61)63(57-28-15-27-54-50-23-11-10-22-46(50)36-39-55(54)57)49-37-34-48(35-38-49)60-51(44-18-6-2-7-19-44)25-14-26-52(60)45-20-8-3-9-21-45/h1-41H. The van der Waals surface area contributed by atoms with E-state index in [9.17, 15) is 0 Å². The Labute approximate surface area is 372 Å². The number of rotatable bonds is 8. The van der Waals surface area contributed by atoms with E-state index in [1.165, 1.54) is 60.5 Å². The Bertz CT molecular complexity index is 3570. The highest BCUT2D eigenvalue weighted by Gasteiger charge is 2.24. The first kappa shape index (κ1) is 37.3. The molecular weight excluding hydrogens is 775 g/mol. The smallest absolute Gasteiger partial charge is 0.145 e. The lowest BCUT2D eigenvalue weighted by molar-refractivity contribution is 0.670. The third-order valence-electron chi connectivity index (χ3n) is 12.7. The molecule has 0 amide bonds. The van der Waals surface area contributed by atoms with Crippen molar-refractivity contribution in [3.05, 3.63) is 249 Å². The van der Waals surface area contributed by atoms with Gasteiger partial charge in [0, 0.05) is 22.0 Å². The maximum atomic E-state index is 6.92. The summed E-state index contributed by atoms with van der Waals surface area (Å²) in [6.07, 6.45) is 0. The van der Waals surface area contributed by atoms with Crippen molar-refractivity contribution in [2.45, 2.75) is 0 Å². The molecule has 0 unspecified atom stereocenters. The molecule has 0 saturated carbocycles. The number of nitrogens with zero attached hydrogens (tertiary/aromatic N) is 1.